The minimum absolute atomic E-state index is 0.0442. The number of benzene rings is 2. The fourth-order valence-corrected chi connectivity index (χ4v) is 3.04. The highest BCUT2D eigenvalue weighted by Gasteiger charge is 2.36. The number of hydrogen-bond donors (Lipinski definition) is 1. The van der Waals surface area contributed by atoms with Gasteiger partial charge in [0.1, 0.15) is 11.6 Å². The Bertz CT molecular complexity index is 861. The van der Waals surface area contributed by atoms with E-state index in [9.17, 15) is 18.4 Å². The Kier molecular flexibility index (Phi) is 4.92. The first-order valence-corrected chi connectivity index (χ1v) is 8.12. The largest absolute Gasteiger partial charge is 0.323 e. The molecule has 8 heteroatoms. The van der Waals surface area contributed by atoms with Gasteiger partial charge in [-0.25, -0.2) is 8.78 Å². The van der Waals surface area contributed by atoms with Crippen LogP contribution in [-0.4, -0.2) is 18.4 Å². The standard InChI is InChI=1S/C17H12Cl2F2N2O2/c18-11-2-1-3-14(16(11)19)23-8-9(6-15(23)24)17(25)22-13-5-4-10(20)7-12(13)21/h1-5,7,9H,6,8H2,(H,22,25). The van der Waals surface area contributed by atoms with Crippen molar-refractivity contribution in [3.8, 4) is 0 Å². The third kappa shape index (κ3) is 3.60. The minimum Gasteiger partial charge on any atom is -0.323 e. The summed E-state index contributed by atoms with van der Waals surface area (Å²) in [6.45, 7) is 0.0908. The first-order valence-electron chi connectivity index (χ1n) is 7.37. The molecule has 4 nitrogen and oxygen atoms in total. The molecule has 130 valence electrons. The van der Waals surface area contributed by atoms with E-state index in [4.69, 9.17) is 23.2 Å². The van der Waals surface area contributed by atoms with Crippen LogP contribution in [0, 0.1) is 17.6 Å². The van der Waals surface area contributed by atoms with Crippen molar-refractivity contribution in [2.24, 2.45) is 5.92 Å². The van der Waals surface area contributed by atoms with Gasteiger partial charge in [0.2, 0.25) is 11.8 Å². The SMILES string of the molecule is O=C(Nc1ccc(F)cc1F)C1CC(=O)N(c2cccc(Cl)c2Cl)C1. The summed E-state index contributed by atoms with van der Waals surface area (Å²) in [4.78, 5) is 25.9. The maximum absolute atomic E-state index is 13.6. The predicted molar refractivity (Wildman–Crippen MR) is 91.9 cm³/mol. The van der Waals surface area contributed by atoms with Crippen molar-refractivity contribution >= 4 is 46.4 Å². The van der Waals surface area contributed by atoms with Gasteiger partial charge < -0.3 is 10.2 Å². The Balaban J connectivity index is 1.75. The predicted octanol–water partition coefficient (Wildman–Crippen LogP) is 4.26. The monoisotopic (exact) mass is 384 g/mol. The van der Waals surface area contributed by atoms with Gasteiger partial charge in [-0.05, 0) is 24.3 Å². The quantitative estimate of drug-likeness (QED) is 0.858. The number of anilines is 2. The van der Waals surface area contributed by atoms with E-state index in [1.165, 1.54) is 4.90 Å². The summed E-state index contributed by atoms with van der Waals surface area (Å²) in [6, 6.07) is 7.72. The van der Waals surface area contributed by atoms with Crippen molar-refractivity contribution in [1.29, 1.82) is 0 Å². The molecule has 1 saturated heterocycles. The van der Waals surface area contributed by atoms with E-state index in [0.29, 0.717) is 16.8 Å². The molecular formula is C17H12Cl2F2N2O2. The molecule has 1 unspecified atom stereocenters. The van der Waals surface area contributed by atoms with Gasteiger partial charge in [-0.3, -0.25) is 9.59 Å². The Morgan fingerprint density at radius 3 is 2.68 bits per heavy atom. The normalized spacial score (nSPS) is 17.0. The molecule has 1 aliphatic rings. The number of carbonyl (C=O) groups is 2. The number of nitrogens with zero attached hydrogens (tertiary/aromatic N) is 1. The lowest BCUT2D eigenvalue weighted by atomic mass is 10.1. The molecule has 25 heavy (non-hydrogen) atoms. The van der Waals surface area contributed by atoms with E-state index in [2.05, 4.69) is 5.32 Å². The molecule has 0 saturated carbocycles. The smallest absolute Gasteiger partial charge is 0.229 e. The van der Waals surface area contributed by atoms with Gasteiger partial charge in [0.25, 0.3) is 0 Å². The minimum atomic E-state index is -0.882. The summed E-state index contributed by atoms with van der Waals surface area (Å²) in [7, 11) is 0. The first kappa shape index (κ1) is 17.6. The van der Waals surface area contributed by atoms with Crippen LogP contribution in [0.5, 0.6) is 0 Å². The maximum atomic E-state index is 13.6. The van der Waals surface area contributed by atoms with Crippen LogP contribution in [0.4, 0.5) is 20.2 Å². The molecule has 1 aliphatic heterocycles. The van der Waals surface area contributed by atoms with Crippen molar-refractivity contribution in [3.63, 3.8) is 0 Å². The van der Waals surface area contributed by atoms with E-state index < -0.39 is 23.5 Å². The molecule has 2 amide bonds. The number of carbonyl (C=O) groups excluding carboxylic acids is 2. The third-order valence-electron chi connectivity index (χ3n) is 3.91. The van der Waals surface area contributed by atoms with E-state index in [0.717, 1.165) is 12.1 Å². The molecule has 0 radical (unpaired) electrons. The van der Waals surface area contributed by atoms with Crippen molar-refractivity contribution < 1.29 is 18.4 Å². The van der Waals surface area contributed by atoms with Crippen molar-refractivity contribution in [2.45, 2.75) is 6.42 Å². The van der Waals surface area contributed by atoms with Crippen LogP contribution in [0.25, 0.3) is 0 Å². The van der Waals surface area contributed by atoms with E-state index in [-0.39, 0.29) is 29.6 Å². The second kappa shape index (κ2) is 6.98. The maximum Gasteiger partial charge on any atom is 0.229 e. The molecule has 0 aromatic heterocycles. The first-order chi connectivity index (χ1) is 11.9. The molecule has 1 heterocycles. The van der Waals surface area contributed by atoms with E-state index in [1.807, 2.05) is 0 Å². The number of hydrogen-bond acceptors (Lipinski definition) is 2. The molecular weight excluding hydrogens is 373 g/mol. The van der Waals surface area contributed by atoms with Gasteiger partial charge in [0.15, 0.2) is 0 Å². The fourth-order valence-electron chi connectivity index (χ4n) is 2.64. The second-order valence-corrected chi connectivity index (χ2v) is 6.38. The van der Waals surface area contributed by atoms with Crippen LogP contribution in [0.1, 0.15) is 6.42 Å². The zero-order valence-corrected chi connectivity index (χ0v) is 14.2. The van der Waals surface area contributed by atoms with Crippen LogP contribution in [-0.2, 0) is 9.59 Å². The zero-order chi connectivity index (χ0) is 18.1. The van der Waals surface area contributed by atoms with Crippen molar-refractivity contribution in [3.05, 3.63) is 58.1 Å². The molecule has 0 aliphatic carbocycles. The average molecular weight is 385 g/mol. The highest BCUT2D eigenvalue weighted by atomic mass is 35.5. The Morgan fingerprint density at radius 1 is 1.20 bits per heavy atom. The average Bonchev–Trinajstić information content (AvgIpc) is 2.94. The number of amides is 2. The lowest BCUT2D eigenvalue weighted by Gasteiger charge is -2.18. The second-order valence-electron chi connectivity index (χ2n) is 5.59. The molecule has 1 atom stereocenters. The van der Waals surface area contributed by atoms with E-state index in [1.54, 1.807) is 18.2 Å². The van der Waals surface area contributed by atoms with Gasteiger partial charge in [-0.1, -0.05) is 29.3 Å². The highest BCUT2D eigenvalue weighted by Crippen LogP contribution is 2.36. The number of halogens is 4. The highest BCUT2D eigenvalue weighted by molar-refractivity contribution is 6.44. The van der Waals surface area contributed by atoms with Gasteiger partial charge >= 0.3 is 0 Å². The van der Waals surface area contributed by atoms with E-state index >= 15 is 0 Å². The molecule has 1 fully saturated rings. The number of rotatable bonds is 3. The fraction of sp³-hybridized carbons (Fsp3) is 0.176. The summed E-state index contributed by atoms with van der Waals surface area (Å²) < 4.78 is 26.6. The summed E-state index contributed by atoms with van der Waals surface area (Å²) in [5.74, 6) is -3.13. The van der Waals surface area contributed by atoms with Crippen LogP contribution in [0.3, 0.4) is 0 Å². The van der Waals surface area contributed by atoms with Gasteiger partial charge in [0.05, 0.1) is 27.3 Å². The summed E-state index contributed by atoms with van der Waals surface area (Å²) >= 11 is 12.1. The van der Waals surface area contributed by atoms with Gasteiger partial charge in [-0.2, -0.15) is 0 Å². The van der Waals surface area contributed by atoms with Crippen LogP contribution < -0.4 is 10.2 Å². The molecule has 2 aromatic carbocycles. The Labute approximate surface area is 152 Å². The van der Waals surface area contributed by atoms with Crippen LogP contribution in [0.2, 0.25) is 10.0 Å². The lowest BCUT2D eigenvalue weighted by Crippen LogP contribution is -2.28. The van der Waals surface area contributed by atoms with Crippen molar-refractivity contribution in [2.75, 3.05) is 16.8 Å². The lowest BCUT2D eigenvalue weighted by molar-refractivity contribution is -0.122. The molecule has 0 spiro atoms. The third-order valence-corrected chi connectivity index (χ3v) is 4.72. The van der Waals surface area contributed by atoms with Gasteiger partial charge in [0, 0.05) is 19.0 Å². The van der Waals surface area contributed by atoms with Crippen LogP contribution >= 0.6 is 23.2 Å². The molecule has 2 aromatic rings. The Hall–Kier alpha value is -2.18. The Morgan fingerprint density at radius 2 is 1.96 bits per heavy atom. The van der Waals surface area contributed by atoms with Crippen molar-refractivity contribution in [1.82, 2.24) is 0 Å². The molecule has 1 N–H and O–H groups in total. The molecule has 0 bridgehead atoms. The summed E-state index contributed by atoms with van der Waals surface area (Å²) in [5.41, 5.74) is 0.278. The van der Waals surface area contributed by atoms with Crippen LogP contribution in [0.15, 0.2) is 36.4 Å². The summed E-state index contributed by atoms with van der Waals surface area (Å²) in [6.07, 6.45) is -0.0442. The summed E-state index contributed by atoms with van der Waals surface area (Å²) in [5, 5.41) is 2.90. The zero-order valence-electron chi connectivity index (χ0n) is 12.7. The topological polar surface area (TPSA) is 49.4 Å². The van der Waals surface area contributed by atoms with Gasteiger partial charge in [-0.15, -0.1) is 0 Å². The number of nitrogens with one attached hydrogen (secondary N) is 1. The molecule has 3 rings (SSSR count).